The summed E-state index contributed by atoms with van der Waals surface area (Å²) in [4.78, 5) is 7.01. The van der Waals surface area contributed by atoms with Crippen LogP contribution < -0.4 is 4.90 Å². The third-order valence-electron chi connectivity index (χ3n) is 5.45. The molecule has 0 aliphatic carbocycles. The molecule has 1 spiro atoms. The molecular weight excluding hydrogens is 348 g/mol. The highest BCUT2D eigenvalue weighted by Crippen LogP contribution is 2.46. The van der Waals surface area contributed by atoms with Gasteiger partial charge in [0.2, 0.25) is 0 Å². The average molecular weight is 372 g/mol. The molecule has 0 radical (unpaired) electrons. The van der Waals surface area contributed by atoms with E-state index in [-0.39, 0.29) is 5.41 Å². The van der Waals surface area contributed by atoms with Gasteiger partial charge in [-0.25, -0.2) is 0 Å². The molecule has 0 saturated carbocycles. The van der Waals surface area contributed by atoms with Gasteiger partial charge in [-0.3, -0.25) is 4.98 Å². The molecule has 0 N–H and O–H groups in total. The van der Waals surface area contributed by atoms with Crippen LogP contribution in [0.5, 0.6) is 0 Å². The molecule has 1 fully saturated rings. The molecule has 1 atom stereocenters. The number of hydrogen-bond acceptors (Lipinski definition) is 4. The van der Waals surface area contributed by atoms with Gasteiger partial charge in [-0.15, -0.1) is 0 Å². The molecule has 2 aromatic rings. The molecule has 1 aromatic carbocycles. The molecule has 2 aliphatic rings. The zero-order valence-corrected chi connectivity index (χ0v) is 16.0. The van der Waals surface area contributed by atoms with Crippen molar-refractivity contribution in [2.45, 2.75) is 18.4 Å². The van der Waals surface area contributed by atoms with E-state index in [0.29, 0.717) is 13.1 Å². The van der Waals surface area contributed by atoms with Crippen molar-refractivity contribution in [3.05, 3.63) is 59.9 Å². The van der Waals surface area contributed by atoms with Crippen molar-refractivity contribution in [3.63, 3.8) is 0 Å². The highest BCUT2D eigenvalue weighted by atomic mass is 32.2. The summed E-state index contributed by atoms with van der Waals surface area (Å²) >= 11 is 0. The number of benzene rings is 1. The van der Waals surface area contributed by atoms with Crippen LogP contribution in [0.1, 0.15) is 17.7 Å². The van der Waals surface area contributed by atoms with Gasteiger partial charge in [0.25, 0.3) is 10.2 Å². The highest BCUT2D eigenvalue weighted by Gasteiger charge is 2.51. The molecular formula is C19H24N4O2S. The van der Waals surface area contributed by atoms with Crippen LogP contribution in [0.2, 0.25) is 0 Å². The molecule has 0 bridgehead atoms. The van der Waals surface area contributed by atoms with E-state index in [1.165, 1.54) is 9.87 Å². The lowest BCUT2D eigenvalue weighted by Gasteiger charge is -2.26. The Morgan fingerprint density at radius 1 is 1.12 bits per heavy atom. The summed E-state index contributed by atoms with van der Waals surface area (Å²) in [5.41, 5.74) is 3.18. The van der Waals surface area contributed by atoms with Gasteiger partial charge in [-0.2, -0.15) is 17.0 Å². The Kier molecular flexibility index (Phi) is 4.25. The van der Waals surface area contributed by atoms with Crippen molar-refractivity contribution in [2.24, 2.45) is 0 Å². The van der Waals surface area contributed by atoms with E-state index in [2.05, 4.69) is 28.1 Å². The van der Waals surface area contributed by atoms with E-state index in [9.17, 15) is 8.42 Å². The minimum atomic E-state index is -3.40. The van der Waals surface area contributed by atoms with E-state index in [1.54, 1.807) is 18.4 Å². The van der Waals surface area contributed by atoms with Crippen molar-refractivity contribution >= 4 is 15.9 Å². The summed E-state index contributed by atoms with van der Waals surface area (Å²) in [7, 11) is -0.226. The summed E-state index contributed by atoms with van der Waals surface area (Å²) in [5, 5.41) is 0. The average Bonchev–Trinajstić information content (AvgIpc) is 3.20. The number of rotatable bonds is 4. The summed E-state index contributed by atoms with van der Waals surface area (Å²) in [6, 6.07) is 14.4. The number of anilines is 1. The predicted octanol–water partition coefficient (Wildman–Crippen LogP) is 1.85. The predicted molar refractivity (Wildman–Crippen MR) is 102 cm³/mol. The second-order valence-electron chi connectivity index (χ2n) is 7.37. The number of hydrogen-bond donors (Lipinski definition) is 0. The third kappa shape index (κ3) is 2.80. The standard InChI is InChI=1S/C19H24N4O2S/c1-21(2)26(24,25)23-12-10-19(15-23)14-22(13-16-7-4-3-5-8-16)17-9-6-11-20-18(17)19/h3-9,11H,10,12-15H2,1-2H3. The largest absolute Gasteiger partial charge is 0.365 e. The second kappa shape index (κ2) is 6.33. The first-order valence-corrected chi connectivity index (χ1v) is 10.2. The minimum absolute atomic E-state index is 0.228. The number of fused-ring (bicyclic) bond motifs is 2. The van der Waals surface area contributed by atoms with Gasteiger partial charge < -0.3 is 4.90 Å². The SMILES string of the molecule is CN(C)S(=O)(=O)N1CCC2(CN(Cc3ccccc3)c3cccnc32)C1. The number of pyridine rings is 1. The second-order valence-corrected chi connectivity index (χ2v) is 9.51. The lowest BCUT2D eigenvalue weighted by molar-refractivity contribution is 0.394. The van der Waals surface area contributed by atoms with Crippen molar-refractivity contribution in [2.75, 3.05) is 38.6 Å². The number of aromatic nitrogens is 1. The Bertz CT molecular complexity index is 901. The normalized spacial score (nSPS) is 23.1. The van der Waals surface area contributed by atoms with Gasteiger partial charge >= 0.3 is 0 Å². The fourth-order valence-electron chi connectivity index (χ4n) is 4.12. The first-order chi connectivity index (χ1) is 12.4. The molecule has 0 amide bonds. The maximum atomic E-state index is 12.6. The van der Waals surface area contributed by atoms with Gasteiger partial charge in [0.1, 0.15) is 0 Å². The smallest absolute Gasteiger partial charge is 0.281 e. The van der Waals surface area contributed by atoms with Crippen LogP contribution in [0, 0.1) is 0 Å². The van der Waals surface area contributed by atoms with Crippen LogP contribution >= 0.6 is 0 Å². The molecule has 1 unspecified atom stereocenters. The lowest BCUT2D eigenvalue weighted by Crippen LogP contribution is -2.42. The fraction of sp³-hybridized carbons (Fsp3) is 0.421. The first kappa shape index (κ1) is 17.5. The van der Waals surface area contributed by atoms with Crippen LogP contribution in [0.25, 0.3) is 0 Å². The summed E-state index contributed by atoms with van der Waals surface area (Å²) in [5.74, 6) is 0. The zero-order chi connectivity index (χ0) is 18.4. The molecule has 3 heterocycles. The molecule has 1 saturated heterocycles. The first-order valence-electron chi connectivity index (χ1n) is 8.84. The summed E-state index contributed by atoms with van der Waals surface area (Å²) in [6.45, 7) is 2.63. The Balaban J connectivity index is 1.65. The van der Waals surface area contributed by atoms with E-state index in [4.69, 9.17) is 0 Å². The molecule has 26 heavy (non-hydrogen) atoms. The number of nitrogens with zero attached hydrogens (tertiary/aromatic N) is 4. The van der Waals surface area contributed by atoms with E-state index < -0.39 is 10.2 Å². The molecule has 1 aromatic heterocycles. The zero-order valence-electron chi connectivity index (χ0n) is 15.2. The third-order valence-corrected chi connectivity index (χ3v) is 7.33. The highest BCUT2D eigenvalue weighted by molar-refractivity contribution is 7.86. The Labute approximate surface area is 155 Å². The topological polar surface area (TPSA) is 56.8 Å². The van der Waals surface area contributed by atoms with Crippen LogP contribution in [0.4, 0.5) is 5.69 Å². The van der Waals surface area contributed by atoms with Crippen molar-refractivity contribution < 1.29 is 8.42 Å². The van der Waals surface area contributed by atoms with Crippen LogP contribution in [-0.4, -0.2) is 55.7 Å². The summed E-state index contributed by atoms with van der Waals surface area (Å²) < 4.78 is 28.0. The fourth-order valence-corrected chi connectivity index (χ4v) is 5.31. The van der Waals surface area contributed by atoms with E-state index in [0.717, 1.165) is 30.9 Å². The van der Waals surface area contributed by atoms with Crippen molar-refractivity contribution in [1.29, 1.82) is 0 Å². The van der Waals surface area contributed by atoms with Crippen LogP contribution in [0.3, 0.4) is 0 Å². The lowest BCUT2D eigenvalue weighted by atomic mass is 9.85. The quantitative estimate of drug-likeness (QED) is 0.822. The van der Waals surface area contributed by atoms with Gasteiger partial charge in [0.15, 0.2) is 0 Å². The van der Waals surface area contributed by atoms with E-state index >= 15 is 0 Å². The summed E-state index contributed by atoms with van der Waals surface area (Å²) in [6.07, 6.45) is 2.62. The molecule has 6 nitrogen and oxygen atoms in total. The molecule has 2 aliphatic heterocycles. The minimum Gasteiger partial charge on any atom is -0.365 e. The van der Waals surface area contributed by atoms with Crippen LogP contribution in [-0.2, 0) is 22.2 Å². The maximum Gasteiger partial charge on any atom is 0.281 e. The molecule has 138 valence electrons. The van der Waals surface area contributed by atoms with Crippen LogP contribution in [0.15, 0.2) is 48.7 Å². The Hall–Kier alpha value is -1.96. The van der Waals surface area contributed by atoms with Gasteiger partial charge in [-0.1, -0.05) is 30.3 Å². The Morgan fingerprint density at radius 2 is 1.88 bits per heavy atom. The van der Waals surface area contributed by atoms with Crippen molar-refractivity contribution in [3.8, 4) is 0 Å². The van der Waals surface area contributed by atoms with Gasteiger partial charge in [0.05, 0.1) is 11.4 Å². The monoisotopic (exact) mass is 372 g/mol. The maximum absolute atomic E-state index is 12.6. The molecule has 4 rings (SSSR count). The molecule has 7 heteroatoms. The van der Waals surface area contributed by atoms with Gasteiger partial charge in [-0.05, 0) is 24.1 Å². The van der Waals surface area contributed by atoms with Gasteiger partial charge in [0, 0.05) is 51.9 Å². The van der Waals surface area contributed by atoms with Crippen molar-refractivity contribution in [1.82, 2.24) is 13.6 Å². The Morgan fingerprint density at radius 3 is 2.62 bits per heavy atom. The van der Waals surface area contributed by atoms with E-state index in [1.807, 2.05) is 30.5 Å².